The molecule has 4 nitrogen and oxygen atoms in total. The molecule has 1 fully saturated rings. The van der Waals surface area contributed by atoms with Crippen molar-refractivity contribution < 1.29 is 9.90 Å². The van der Waals surface area contributed by atoms with Crippen molar-refractivity contribution in [2.24, 2.45) is 17.1 Å². The second-order valence-electron chi connectivity index (χ2n) is 6.07. The quantitative estimate of drug-likeness (QED) is 0.773. The Morgan fingerprint density at radius 2 is 1.95 bits per heavy atom. The predicted molar refractivity (Wildman–Crippen MR) is 77.7 cm³/mol. The molecule has 1 amide bonds. The minimum atomic E-state index is -0.413. The summed E-state index contributed by atoms with van der Waals surface area (Å²) in [6.07, 6.45) is 4.12. The van der Waals surface area contributed by atoms with E-state index in [1.807, 2.05) is 11.8 Å². The molecule has 3 N–H and O–H groups in total. The molecule has 0 bridgehead atoms. The van der Waals surface area contributed by atoms with Crippen molar-refractivity contribution in [1.29, 1.82) is 0 Å². The van der Waals surface area contributed by atoms with Crippen LogP contribution in [0.15, 0.2) is 0 Å². The molecular weight excluding hydrogens is 240 g/mol. The van der Waals surface area contributed by atoms with Crippen LogP contribution in [0.25, 0.3) is 0 Å². The van der Waals surface area contributed by atoms with Crippen LogP contribution in [-0.4, -0.2) is 41.7 Å². The first-order valence-corrected chi connectivity index (χ1v) is 7.68. The van der Waals surface area contributed by atoms with Crippen LogP contribution in [0, 0.1) is 11.3 Å². The molecule has 1 rings (SSSR count). The fourth-order valence-corrected chi connectivity index (χ4v) is 3.16. The highest BCUT2D eigenvalue weighted by Gasteiger charge is 2.40. The lowest BCUT2D eigenvalue weighted by atomic mass is 9.77. The maximum Gasteiger partial charge on any atom is 0.230 e. The third-order valence-electron chi connectivity index (χ3n) is 4.51. The summed E-state index contributed by atoms with van der Waals surface area (Å²) in [4.78, 5) is 14.7. The number of nitrogens with two attached hydrogens (primary N) is 1. The van der Waals surface area contributed by atoms with Crippen molar-refractivity contribution in [3.05, 3.63) is 0 Å². The number of rotatable bonds is 6. The van der Waals surface area contributed by atoms with Gasteiger partial charge in [-0.05, 0) is 25.2 Å². The molecular formula is C15H30N2O2. The molecule has 1 heterocycles. The summed E-state index contributed by atoms with van der Waals surface area (Å²) < 4.78 is 0. The summed E-state index contributed by atoms with van der Waals surface area (Å²) in [5.41, 5.74) is 5.53. The van der Waals surface area contributed by atoms with Gasteiger partial charge in [0, 0.05) is 19.6 Å². The molecule has 1 aliphatic rings. The standard InChI is InChI=1S/C15H30N2O2/c1-4-7-15(11-16,8-5-2)14(19)17-9-6-12(3)13(18)10-17/h12-13,18H,4-11,16H2,1-3H3. The van der Waals surface area contributed by atoms with Gasteiger partial charge < -0.3 is 15.7 Å². The molecule has 0 saturated carbocycles. The molecule has 0 aromatic heterocycles. The first-order chi connectivity index (χ1) is 9.00. The lowest BCUT2D eigenvalue weighted by molar-refractivity contribution is -0.147. The van der Waals surface area contributed by atoms with Crippen molar-refractivity contribution in [2.75, 3.05) is 19.6 Å². The third kappa shape index (κ3) is 3.69. The maximum absolute atomic E-state index is 12.8. The van der Waals surface area contributed by atoms with Gasteiger partial charge in [0.15, 0.2) is 0 Å². The zero-order valence-electron chi connectivity index (χ0n) is 12.7. The highest BCUT2D eigenvalue weighted by Crippen LogP contribution is 2.32. The molecule has 4 heteroatoms. The Labute approximate surface area is 117 Å². The third-order valence-corrected chi connectivity index (χ3v) is 4.51. The van der Waals surface area contributed by atoms with E-state index in [2.05, 4.69) is 13.8 Å². The van der Waals surface area contributed by atoms with Gasteiger partial charge in [-0.25, -0.2) is 0 Å². The van der Waals surface area contributed by atoms with E-state index in [4.69, 9.17) is 5.73 Å². The van der Waals surface area contributed by atoms with Crippen molar-refractivity contribution in [3.63, 3.8) is 0 Å². The van der Waals surface area contributed by atoms with Gasteiger partial charge in [0.05, 0.1) is 11.5 Å². The Kier molecular flexibility index (Phi) is 6.27. The second-order valence-corrected chi connectivity index (χ2v) is 6.07. The fraction of sp³-hybridized carbons (Fsp3) is 0.933. The number of aliphatic hydroxyl groups excluding tert-OH is 1. The predicted octanol–water partition coefficient (Wildman–Crippen LogP) is 1.76. The molecule has 1 aliphatic heterocycles. The number of β-amino-alcohol motifs (C(OH)–C–C–N with tert-alkyl or cyclic N) is 1. The second kappa shape index (κ2) is 7.25. The van der Waals surface area contributed by atoms with Crippen molar-refractivity contribution >= 4 is 5.91 Å². The van der Waals surface area contributed by atoms with Crippen LogP contribution in [0.1, 0.15) is 52.9 Å². The van der Waals surface area contributed by atoms with E-state index in [-0.39, 0.29) is 11.8 Å². The molecule has 0 aromatic carbocycles. The SMILES string of the molecule is CCCC(CN)(CCC)C(=O)N1CCC(C)C(O)C1. The molecule has 0 aliphatic carbocycles. The summed E-state index contributed by atoms with van der Waals surface area (Å²) in [6, 6.07) is 0. The Balaban J connectivity index is 2.81. The zero-order valence-corrected chi connectivity index (χ0v) is 12.7. The van der Waals surface area contributed by atoms with Crippen LogP contribution < -0.4 is 5.73 Å². The molecule has 0 aromatic rings. The normalized spacial score (nSPS) is 24.6. The smallest absolute Gasteiger partial charge is 0.230 e. The Morgan fingerprint density at radius 1 is 1.37 bits per heavy atom. The summed E-state index contributed by atoms with van der Waals surface area (Å²) in [6.45, 7) is 7.87. The average Bonchev–Trinajstić information content (AvgIpc) is 2.40. The van der Waals surface area contributed by atoms with Gasteiger partial charge in [-0.15, -0.1) is 0 Å². The van der Waals surface area contributed by atoms with Crippen LogP contribution in [-0.2, 0) is 4.79 Å². The number of amides is 1. The van der Waals surface area contributed by atoms with E-state index >= 15 is 0 Å². The lowest BCUT2D eigenvalue weighted by Crippen LogP contribution is -2.53. The number of aliphatic hydroxyl groups is 1. The lowest BCUT2D eigenvalue weighted by Gasteiger charge is -2.41. The number of hydrogen-bond donors (Lipinski definition) is 2. The Bertz CT molecular complexity index is 288. The highest BCUT2D eigenvalue weighted by atomic mass is 16.3. The molecule has 112 valence electrons. The largest absolute Gasteiger partial charge is 0.391 e. The minimum Gasteiger partial charge on any atom is -0.391 e. The summed E-state index contributed by atoms with van der Waals surface area (Å²) >= 11 is 0. The highest BCUT2D eigenvalue weighted by molar-refractivity contribution is 5.83. The number of carbonyl (C=O) groups excluding carboxylic acids is 1. The van der Waals surface area contributed by atoms with Crippen LogP contribution in [0.4, 0.5) is 0 Å². The number of hydrogen-bond acceptors (Lipinski definition) is 3. The van der Waals surface area contributed by atoms with E-state index < -0.39 is 11.5 Å². The van der Waals surface area contributed by atoms with Gasteiger partial charge in [0.2, 0.25) is 5.91 Å². The molecule has 0 radical (unpaired) electrons. The van der Waals surface area contributed by atoms with Gasteiger partial charge in [0.25, 0.3) is 0 Å². The maximum atomic E-state index is 12.8. The molecule has 1 saturated heterocycles. The number of likely N-dealkylation sites (tertiary alicyclic amines) is 1. The summed E-state index contributed by atoms with van der Waals surface area (Å²) in [5, 5.41) is 9.97. The van der Waals surface area contributed by atoms with Crippen molar-refractivity contribution in [3.8, 4) is 0 Å². The number of piperidine rings is 1. The van der Waals surface area contributed by atoms with Gasteiger partial charge in [-0.2, -0.15) is 0 Å². The van der Waals surface area contributed by atoms with Crippen LogP contribution in [0.2, 0.25) is 0 Å². The summed E-state index contributed by atoms with van der Waals surface area (Å²) in [7, 11) is 0. The first-order valence-electron chi connectivity index (χ1n) is 7.68. The minimum absolute atomic E-state index is 0.157. The van der Waals surface area contributed by atoms with Crippen LogP contribution in [0.3, 0.4) is 0 Å². The van der Waals surface area contributed by atoms with E-state index in [0.29, 0.717) is 13.1 Å². The van der Waals surface area contributed by atoms with E-state index in [9.17, 15) is 9.90 Å². The van der Waals surface area contributed by atoms with Crippen LogP contribution >= 0.6 is 0 Å². The molecule has 0 spiro atoms. The number of nitrogens with zero attached hydrogens (tertiary/aromatic N) is 1. The average molecular weight is 270 g/mol. The zero-order chi connectivity index (χ0) is 14.5. The molecule has 2 unspecified atom stereocenters. The first kappa shape index (κ1) is 16.4. The van der Waals surface area contributed by atoms with Gasteiger partial charge in [-0.1, -0.05) is 33.6 Å². The van der Waals surface area contributed by atoms with Crippen molar-refractivity contribution in [1.82, 2.24) is 4.90 Å². The Morgan fingerprint density at radius 3 is 2.37 bits per heavy atom. The molecule has 2 atom stereocenters. The monoisotopic (exact) mass is 270 g/mol. The van der Waals surface area contributed by atoms with Crippen molar-refractivity contribution in [2.45, 2.75) is 59.0 Å². The van der Waals surface area contributed by atoms with E-state index in [0.717, 1.165) is 38.6 Å². The Hall–Kier alpha value is -0.610. The fourth-order valence-electron chi connectivity index (χ4n) is 3.16. The molecule has 19 heavy (non-hydrogen) atoms. The van der Waals surface area contributed by atoms with Gasteiger partial charge in [0.1, 0.15) is 0 Å². The van der Waals surface area contributed by atoms with Crippen LogP contribution in [0.5, 0.6) is 0 Å². The summed E-state index contributed by atoms with van der Waals surface area (Å²) in [5.74, 6) is 0.443. The van der Waals surface area contributed by atoms with E-state index in [1.165, 1.54) is 0 Å². The number of carbonyl (C=O) groups is 1. The van der Waals surface area contributed by atoms with E-state index in [1.54, 1.807) is 0 Å². The van der Waals surface area contributed by atoms with Gasteiger partial charge >= 0.3 is 0 Å². The topological polar surface area (TPSA) is 66.6 Å². The van der Waals surface area contributed by atoms with Gasteiger partial charge in [-0.3, -0.25) is 4.79 Å².